The second kappa shape index (κ2) is 8.07. The van der Waals surface area contributed by atoms with Gasteiger partial charge in [-0.25, -0.2) is 4.98 Å². The van der Waals surface area contributed by atoms with Crippen molar-refractivity contribution in [2.45, 2.75) is 19.1 Å². The monoisotopic (exact) mass is 388 g/mol. The number of nitrogens with zero attached hydrogens (tertiary/aromatic N) is 2. The number of benzene rings is 3. The van der Waals surface area contributed by atoms with E-state index in [4.69, 9.17) is 14.8 Å². The van der Waals surface area contributed by atoms with E-state index in [9.17, 15) is 5.11 Å². The molecule has 29 heavy (non-hydrogen) atoms. The minimum Gasteiger partial charge on any atom is -0.491 e. The lowest BCUT2D eigenvalue weighted by atomic mass is 9.85. The molecular formula is C24H24N2O3. The maximum absolute atomic E-state index is 12.1. The minimum atomic E-state index is -1.40. The number of hydrogen-bond donors (Lipinski definition) is 2. The van der Waals surface area contributed by atoms with Crippen molar-refractivity contribution >= 4 is 11.0 Å². The van der Waals surface area contributed by atoms with Gasteiger partial charge in [-0.15, -0.1) is 0 Å². The largest absolute Gasteiger partial charge is 0.491 e. The van der Waals surface area contributed by atoms with Gasteiger partial charge in [-0.2, -0.15) is 0 Å². The van der Waals surface area contributed by atoms with E-state index < -0.39 is 5.60 Å². The fourth-order valence-electron chi connectivity index (χ4n) is 3.74. The molecule has 3 aromatic carbocycles. The van der Waals surface area contributed by atoms with Crippen molar-refractivity contribution in [1.82, 2.24) is 9.55 Å². The Bertz CT molecular complexity index is 1050. The molecule has 0 saturated heterocycles. The third-order valence-corrected chi connectivity index (χ3v) is 5.10. The van der Waals surface area contributed by atoms with Crippen LogP contribution in [-0.4, -0.2) is 33.0 Å². The lowest BCUT2D eigenvalue weighted by Gasteiger charge is -2.29. The molecule has 0 aliphatic rings. The molecule has 0 aliphatic carbocycles. The van der Waals surface area contributed by atoms with E-state index in [0.717, 1.165) is 22.2 Å². The molecular weight excluding hydrogens is 364 g/mol. The summed E-state index contributed by atoms with van der Waals surface area (Å²) in [5.41, 5.74) is 1.77. The first kappa shape index (κ1) is 19.2. The van der Waals surface area contributed by atoms with Crippen LogP contribution < -0.4 is 4.74 Å². The average molecular weight is 388 g/mol. The topological polar surface area (TPSA) is 67.5 Å². The summed E-state index contributed by atoms with van der Waals surface area (Å²) in [6.07, 6.45) is 0. The predicted octanol–water partition coefficient (Wildman–Crippen LogP) is 3.71. The quantitative estimate of drug-likeness (QED) is 0.506. The molecule has 1 aromatic heterocycles. The Kier molecular flexibility index (Phi) is 5.34. The number of aliphatic hydroxyl groups is 2. The van der Waals surface area contributed by atoms with Crippen LogP contribution in [0.2, 0.25) is 0 Å². The van der Waals surface area contributed by atoms with Crippen LogP contribution >= 0.6 is 0 Å². The summed E-state index contributed by atoms with van der Waals surface area (Å²) < 4.78 is 7.57. The third kappa shape index (κ3) is 3.39. The van der Waals surface area contributed by atoms with Gasteiger partial charge in [0.1, 0.15) is 12.4 Å². The predicted molar refractivity (Wildman–Crippen MR) is 113 cm³/mol. The van der Waals surface area contributed by atoms with Crippen molar-refractivity contribution in [3.8, 4) is 5.75 Å². The number of ether oxygens (including phenoxy) is 1. The van der Waals surface area contributed by atoms with E-state index in [-0.39, 0.29) is 13.2 Å². The molecule has 0 bridgehead atoms. The molecule has 0 unspecified atom stereocenters. The second-order valence-corrected chi connectivity index (χ2v) is 6.84. The summed E-state index contributed by atoms with van der Waals surface area (Å²) in [4.78, 5) is 4.85. The van der Waals surface area contributed by atoms with Gasteiger partial charge in [0, 0.05) is 12.6 Å². The summed E-state index contributed by atoms with van der Waals surface area (Å²) in [7, 11) is 0. The van der Waals surface area contributed by atoms with E-state index in [1.54, 1.807) is 0 Å². The molecule has 2 N–H and O–H groups in total. The molecule has 1 heterocycles. The number of aliphatic hydroxyl groups excluding tert-OH is 1. The van der Waals surface area contributed by atoms with Crippen LogP contribution in [-0.2, 0) is 12.1 Å². The lowest BCUT2D eigenvalue weighted by molar-refractivity contribution is 0.112. The van der Waals surface area contributed by atoms with Gasteiger partial charge in [0.05, 0.1) is 17.6 Å². The Morgan fingerprint density at radius 3 is 2.10 bits per heavy atom. The van der Waals surface area contributed by atoms with Gasteiger partial charge in [-0.3, -0.25) is 0 Å². The van der Waals surface area contributed by atoms with Crippen LogP contribution in [0.4, 0.5) is 0 Å². The van der Waals surface area contributed by atoms with Gasteiger partial charge < -0.3 is 19.5 Å². The van der Waals surface area contributed by atoms with Gasteiger partial charge in [-0.1, -0.05) is 60.7 Å². The number of fused-ring (bicyclic) bond motifs is 1. The van der Waals surface area contributed by atoms with Crippen LogP contribution in [0.3, 0.4) is 0 Å². The van der Waals surface area contributed by atoms with Gasteiger partial charge in [-0.05, 0) is 30.2 Å². The van der Waals surface area contributed by atoms with Crippen LogP contribution in [0.25, 0.3) is 11.0 Å². The highest BCUT2D eigenvalue weighted by Crippen LogP contribution is 2.38. The van der Waals surface area contributed by atoms with Crippen molar-refractivity contribution < 1.29 is 14.9 Å². The van der Waals surface area contributed by atoms with Gasteiger partial charge in [0.2, 0.25) is 0 Å². The first-order valence-corrected chi connectivity index (χ1v) is 9.76. The molecule has 148 valence electrons. The Hall–Kier alpha value is -3.15. The van der Waals surface area contributed by atoms with Crippen molar-refractivity contribution in [2.75, 3.05) is 13.2 Å². The Balaban J connectivity index is 1.95. The molecule has 0 fully saturated rings. The minimum absolute atomic E-state index is 0.0472. The molecule has 0 spiro atoms. The molecule has 0 amide bonds. The summed E-state index contributed by atoms with van der Waals surface area (Å²) in [6.45, 7) is 2.88. The van der Waals surface area contributed by atoms with Crippen molar-refractivity contribution in [3.05, 3.63) is 95.8 Å². The molecule has 0 radical (unpaired) electrons. The SMILES string of the molecule is CCn1c(C(O)(c2ccccc2)c2ccccc2)nc2cc(OCCO)ccc21. The standard InChI is InChI=1S/C24H24N2O3/c1-2-26-22-14-13-20(29-16-15-27)17-21(22)25-23(26)24(28,18-9-5-3-6-10-18)19-11-7-4-8-12-19/h3-14,17,27-28H,2,15-16H2,1H3. The van der Waals surface area contributed by atoms with E-state index in [1.807, 2.05) is 90.4 Å². The summed E-state index contributed by atoms with van der Waals surface area (Å²) in [6, 6.07) is 24.9. The van der Waals surface area contributed by atoms with E-state index >= 15 is 0 Å². The van der Waals surface area contributed by atoms with E-state index in [0.29, 0.717) is 18.1 Å². The molecule has 0 aliphatic heterocycles. The normalized spacial score (nSPS) is 11.7. The fourth-order valence-corrected chi connectivity index (χ4v) is 3.74. The first-order valence-electron chi connectivity index (χ1n) is 9.76. The van der Waals surface area contributed by atoms with Gasteiger partial charge in [0.25, 0.3) is 0 Å². The fraction of sp³-hybridized carbons (Fsp3) is 0.208. The zero-order valence-electron chi connectivity index (χ0n) is 16.3. The third-order valence-electron chi connectivity index (χ3n) is 5.10. The molecule has 0 atom stereocenters. The molecule has 0 saturated carbocycles. The maximum Gasteiger partial charge on any atom is 0.173 e. The van der Waals surface area contributed by atoms with Crippen LogP contribution in [0.15, 0.2) is 78.9 Å². The van der Waals surface area contributed by atoms with Crippen LogP contribution in [0.5, 0.6) is 5.75 Å². The van der Waals surface area contributed by atoms with Crippen LogP contribution in [0.1, 0.15) is 23.9 Å². The van der Waals surface area contributed by atoms with Gasteiger partial charge >= 0.3 is 0 Å². The van der Waals surface area contributed by atoms with Crippen molar-refractivity contribution in [3.63, 3.8) is 0 Å². The maximum atomic E-state index is 12.1. The van der Waals surface area contributed by atoms with Crippen LogP contribution in [0, 0.1) is 0 Å². The summed E-state index contributed by atoms with van der Waals surface area (Å²) >= 11 is 0. The molecule has 5 nitrogen and oxygen atoms in total. The number of aromatic nitrogens is 2. The highest BCUT2D eigenvalue weighted by atomic mass is 16.5. The zero-order chi connectivity index (χ0) is 20.3. The Labute approximate surface area is 169 Å². The summed E-state index contributed by atoms with van der Waals surface area (Å²) in [5, 5.41) is 21.1. The Morgan fingerprint density at radius 1 is 0.931 bits per heavy atom. The average Bonchev–Trinajstić information content (AvgIpc) is 3.16. The van der Waals surface area contributed by atoms with E-state index in [2.05, 4.69) is 0 Å². The second-order valence-electron chi connectivity index (χ2n) is 6.84. The highest BCUT2D eigenvalue weighted by Gasteiger charge is 2.38. The van der Waals surface area contributed by atoms with E-state index in [1.165, 1.54) is 0 Å². The highest BCUT2D eigenvalue weighted by molar-refractivity contribution is 5.78. The van der Waals surface area contributed by atoms with Crippen molar-refractivity contribution in [1.29, 1.82) is 0 Å². The zero-order valence-corrected chi connectivity index (χ0v) is 16.3. The first-order chi connectivity index (χ1) is 14.2. The van der Waals surface area contributed by atoms with Crippen molar-refractivity contribution in [2.24, 2.45) is 0 Å². The van der Waals surface area contributed by atoms with Gasteiger partial charge in [0.15, 0.2) is 11.4 Å². The molecule has 4 rings (SSSR count). The number of imidazole rings is 1. The molecule has 4 aromatic rings. The number of aryl methyl sites for hydroxylation is 1. The smallest absolute Gasteiger partial charge is 0.173 e. The Morgan fingerprint density at radius 2 is 1.55 bits per heavy atom. The summed E-state index contributed by atoms with van der Waals surface area (Å²) in [5.74, 6) is 1.20. The molecule has 5 heteroatoms. The number of rotatable bonds is 7. The number of hydrogen-bond acceptors (Lipinski definition) is 4. The lowest BCUT2D eigenvalue weighted by Crippen LogP contribution is -2.32.